The third kappa shape index (κ3) is 5.41. The summed E-state index contributed by atoms with van der Waals surface area (Å²) in [6, 6.07) is 0. The highest BCUT2D eigenvalue weighted by atomic mass is 16.7. The van der Waals surface area contributed by atoms with Crippen LogP contribution < -0.4 is 0 Å². The van der Waals surface area contributed by atoms with Gasteiger partial charge in [-0.25, -0.2) is 0 Å². The molecule has 0 N–H and O–H groups in total. The average Bonchev–Trinajstić information content (AvgIpc) is 2.84. The normalized spacial score (nSPS) is 23.8. The van der Waals surface area contributed by atoms with E-state index in [0.29, 0.717) is 17.1 Å². The van der Waals surface area contributed by atoms with Gasteiger partial charge in [-0.2, -0.15) is 0 Å². The molecule has 2 amide bonds. The predicted molar refractivity (Wildman–Crippen MR) is 104 cm³/mol. The number of rotatable bonds is 5. The molecule has 0 aromatic carbocycles. The minimum absolute atomic E-state index is 0.283. The van der Waals surface area contributed by atoms with Gasteiger partial charge in [-0.1, -0.05) is 76.0 Å². The van der Waals surface area contributed by atoms with Crippen LogP contribution in [0.25, 0.3) is 0 Å². The number of carbonyl (C=O) groups is 2. The second-order valence-electron chi connectivity index (χ2n) is 7.36. The van der Waals surface area contributed by atoms with E-state index >= 15 is 0 Å². The van der Waals surface area contributed by atoms with E-state index in [-0.39, 0.29) is 18.4 Å². The van der Waals surface area contributed by atoms with Crippen molar-refractivity contribution in [2.24, 2.45) is 5.92 Å². The fourth-order valence-corrected chi connectivity index (χ4v) is 3.94. The van der Waals surface area contributed by atoms with Gasteiger partial charge >= 0.3 is 0 Å². The number of allylic oxidation sites excluding steroid dienone is 3. The Morgan fingerprint density at radius 2 is 1.58 bits per heavy atom. The summed E-state index contributed by atoms with van der Waals surface area (Å²) in [7, 11) is 0. The van der Waals surface area contributed by atoms with Gasteiger partial charge in [0, 0.05) is 0 Å². The molecule has 1 heterocycles. The fourth-order valence-electron chi connectivity index (χ4n) is 3.94. The summed E-state index contributed by atoms with van der Waals surface area (Å²) in [6.07, 6.45) is 16.1. The highest BCUT2D eigenvalue weighted by molar-refractivity contribution is 6.23. The number of hydrogen-bond acceptors (Lipinski definition) is 3. The van der Waals surface area contributed by atoms with E-state index < -0.39 is 0 Å². The van der Waals surface area contributed by atoms with Crippen LogP contribution in [-0.2, 0) is 14.4 Å². The molecule has 1 aliphatic heterocycles. The first-order chi connectivity index (χ1) is 12.6. The number of hydroxylamine groups is 2. The van der Waals surface area contributed by atoms with Crippen LogP contribution in [0.4, 0.5) is 0 Å². The third-order valence-corrected chi connectivity index (χ3v) is 5.29. The molecular formula is C22H33NO3. The van der Waals surface area contributed by atoms with E-state index in [1.54, 1.807) is 26.0 Å². The summed E-state index contributed by atoms with van der Waals surface area (Å²) in [5.41, 5.74) is 1.76. The van der Waals surface area contributed by atoms with Crippen LogP contribution in [0.1, 0.15) is 78.1 Å². The molecule has 1 aliphatic carbocycles. The largest absolute Gasteiger partial charge is 0.285 e. The van der Waals surface area contributed by atoms with Gasteiger partial charge in [-0.15, -0.1) is 5.06 Å². The lowest BCUT2D eigenvalue weighted by Crippen LogP contribution is -2.29. The molecule has 144 valence electrons. The molecule has 1 saturated carbocycles. The van der Waals surface area contributed by atoms with Crippen molar-refractivity contribution in [2.45, 2.75) is 78.1 Å². The van der Waals surface area contributed by atoms with Crippen molar-refractivity contribution in [2.75, 3.05) is 6.61 Å². The first kappa shape index (κ1) is 20.6. The van der Waals surface area contributed by atoms with E-state index in [0.717, 1.165) is 17.1 Å². The maximum atomic E-state index is 12.5. The maximum absolute atomic E-state index is 12.5. The molecule has 4 heteroatoms. The molecule has 0 aromatic rings. The SMILES string of the molecule is C=C(/C=C1/C(=O)N(OCC)C(=O)/C1=C/C)CC1CCCCCCCCC1. The van der Waals surface area contributed by atoms with E-state index in [1.165, 1.54) is 57.8 Å². The molecular weight excluding hydrogens is 326 g/mol. The van der Waals surface area contributed by atoms with Crippen LogP contribution in [0, 0.1) is 5.92 Å². The van der Waals surface area contributed by atoms with E-state index in [4.69, 9.17) is 4.84 Å². The van der Waals surface area contributed by atoms with E-state index in [2.05, 4.69) is 6.58 Å². The number of amides is 2. The molecule has 0 bridgehead atoms. The maximum Gasteiger partial charge on any atom is 0.285 e. The monoisotopic (exact) mass is 359 g/mol. The summed E-state index contributed by atoms with van der Waals surface area (Å²) < 4.78 is 0. The molecule has 0 atom stereocenters. The first-order valence-electron chi connectivity index (χ1n) is 10.2. The molecule has 2 rings (SSSR count). The second kappa shape index (κ2) is 10.5. The zero-order valence-corrected chi connectivity index (χ0v) is 16.4. The fraction of sp³-hybridized carbons (Fsp3) is 0.636. The van der Waals surface area contributed by atoms with Gasteiger partial charge in [-0.05, 0) is 32.3 Å². The Hall–Kier alpha value is -1.68. The Balaban J connectivity index is 2.05. The Kier molecular flexibility index (Phi) is 8.30. The molecule has 0 aromatic heterocycles. The van der Waals surface area contributed by atoms with Crippen LogP contribution in [-0.4, -0.2) is 23.5 Å². The first-order valence-corrected chi connectivity index (χ1v) is 10.2. The van der Waals surface area contributed by atoms with Gasteiger partial charge in [0.05, 0.1) is 17.8 Å². The molecule has 2 fully saturated rings. The third-order valence-electron chi connectivity index (χ3n) is 5.29. The Morgan fingerprint density at radius 3 is 2.12 bits per heavy atom. The van der Waals surface area contributed by atoms with Crippen molar-refractivity contribution in [1.29, 1.82) is 0 Å². The van der Waals surface area contributed by atoms with Crippen LogP contribution in [0.3, 0.4) is 0 Å². The topological polar surface area (TPSA) is 46.6 Å². The van der Waals surface area contributed by atoms with Crippen molar-refractivity contribution < 1.29 is 14.4 Å². The summed E-state index contributed by atoms with van der Waals surface area (Å²) >= 11 is 0. The van der Waals surface area contributed by atoms with Gasteiger partial charge < -0.3 is 0 Å². The van der Waals surface area contributed by atoms with Crippen LogP contribution in [0.2, 0.25) is 0 Å². The number of nitrogens with zero attached hydrogens (tertiary/aromatic N) is 1. The number of imide groups is 1. The lowest BCUT2D eigenvalue weighted by Gasteiger charge is -2.19. The van der Waals surface area contributed by atoms with Crippen molar-refractivity contribution in [3.63, 3.8) is 0 Å². The van der Waals surface area contributed by atoms with Crippen LogP contribution in [0.15, 0.2) is 35.5 Å². The molecule has 0 radical (unpaired) electrons. The van der Waals surface area contributed by atoms with Crippen LogP contribution in [0.5, 0.6) is 0 Å². The minimum atomic E-state index is -0.378. The Labute approximate surface area is 157 Å². The van der Waals surface area contributed by atoms with Crippen molar-refractivity contribution in [3.05, 3.63) is 35.5 Å². The zero-order chi connectivity index (χ0) is 18.9. The molecule has 0 spiro atoms. The highest BCUT2D eigenvalue weighted by Crippen LogP contribution is 2.30. The number of hydrogen-bond donors (Lipinski definition) is 0. The minimum Gasteiger partial charge on any atom is -0.266 e. The van der Waals surface area contributed by atoms with E-state index in [1.807, 2.05) is 0 Å². The lowest BCUT2D eigenvalue weighted by molar-refractivity contribution is -0.183. The van der Waals surface area contributed by atoms with Crippen molar-refractivity contribution in [3.8, 4) is 0 Å². The van der Waals surface area contributed by atoms with Gasteiger partial charge in [0.1, 0.15) is 0 Å². The molecule has 1 saturated heterocycles. The molecule has 4 nitrogen and oxygen atoms in total. The quantitative estimate of drug-likeness (QED) is 0.496. The molecule has 26 heavy (non-hydrogen) atoms. The summed E-state index contributed by atoms with van der Waals surface area (Å²) in [5, 5.41) is 0.873. The van der Waals surface area contributed by atoms with Gasteiger partial charge in [0.15, 0.2) is 0 Å². The van der Waals surface area contributed by atoms with Gasteiger partial charge in [0.2, 0.25) is 0 Å². The predicted octanol–water partition coefficient (Wildman–Crippen LogP) is 5.27. The summed E-state index contributed by atoms with van der Waals surface area (Å²) in [5.74, 6) is -0.129. The zero-order valence-electron chi connectivity index (χ0n) is 16.4. The van der Waals surface area contributed by atoms with Gasteiger partial charge in [0.25, 0.3) is 11.8 Å². The lowest BCUT2D eigenvalue weighted by atomic mass is 9.87. The van der Waals surface area contributed by atoms with Gasteiger partial charge in [-0.3, -0.25) is 14.4 Å². The second-order valence-corrected chi connectivity index (χ2v) is 7.36. The molecule has 2 aliphatic rings. The van der Waals surface area contributed by atoms with Crippen molar-refractivity contribution >= 4 is 11.8 Å². The summed E-state index contributed by atoms with van der Waals surface area (Å²) in [4.78, 5) is 30.0. The summed E-state index contributed by atoms with van der Waals surface area (Å²) in [6.45, 7) is 8.00. The van der Waals surface area contributed by atoms with Crippen molar-refractivity contribution in [1.82, 2.24) is 5.06 Å². The van der Waals surface area contributed by atoms with Crippen LogP contribution >= 0.6 is 0 Å². The highest BCUT2D eigenvalue weighted by Gasteiger charge is 2.39. The Bertz CT molecular complexity index is 578. The smallest absolute Gasteiger partial charge is 0.266 e. The average molecular weight is 360 g/mol. The van der Waals surface area contributed by atoms with E-state index in [9.17, 15) is 9.59 Å². The molecule has 0 unspecified atom stereocenters. The standard InChI is InChI=1S/C22H33NO3/c1-4-19-20(22(25)23(21(19)24)26-5-2)16-17(3)15-18-13-11-9-7-6-8-10-12-14-18/h4,16,18H,3,5-15H2,1-2H3/b19-4+,20-16+. The number of carbonyl (C=O) groups excluding carboxylic acids is 2. The Morgan fingerprint density at radius 1 is 1.04 bits per heavy atom.